The molecule has 7 heteroatoms. The molecule has 7 nitrogen and oxygen atoms in total. The third-order valence-corrected chi connectivity index (χ3v) is 3.92. The molecule has 2 heterocycles. The number of nitrogens with one attached hydrogen (secondary N) is 2. The fourth-order valence-corrected chi connectivity index (χ4v) is 2.52. The molecular formula is C17H22N6O. The van der Waals surface area contributed by atoms with Crippen LogP contribution >= 0.6 is 0 Å². The first kappa shape index (κ1) is 16.2. The lowest BCUT2D eigenvalue weighted by Crippen LogP contribution is -2.18. The van der Waals surface area contributed by atoms with Crippen molar-refractivity contribution in [1.82, 2.24) is 19.5 Å². The van der Waals surface area contributed by atoms with Gasteiger partial charge in [0.25, 0.3) is 0 Å². The minimum absolute atomic E-state index is 0.187. The van der Waals surface area contributed by atoms with Crippen LogP contribution in [0.5, 0.6) is 0 Å². The zero-order valence-corrected chi connectivity index (χ0v) is 13.7. The Hall–Kier alpha value is -2.67. The molecule has 0 atom stereocenters. The van der Waals surface area contributed by atoms with E-state index in [2.05, 4.69) is 27.2 Å². The molecule has 0 fully saturated rings. The molecule has 0 unspecified atom stereocenters. The summed E-state index contributed by atoms with van der Waals surface area (Å²) >= 11 is 0. The first-order valence-corrected chi connectivity index (χ1v) is 8.18. The van der Waals surface area contributed by atoms with Crippen LogP contribution in [0.2, 0.25) is 0 Å². The Balaban J connectivity index is 1.89. The Labute approximate surface area is 139 Å². The predicted molar refractivity (Wildman–Crippen MR) is 95.0 cm³/mol. The van der Waals surface area contributed by atoms with Gasteiger partial charge in [-0.05, 0) is 17.5 Å². The molecule has 0 spiro atoms. The number of aromatic amines is 1. The molecule has 0 bridgehead atoms. The molecule has 2 aromatic heterocycles. The lowest BCUT2D eigenvalue weighted by atomic mass is 10.1. The number of anilines is 1. The number of hydrogen-bond donors (Lipinski definition) is 3. The predicted octanol–water partition coefficient (Wildman–Crippen LogP) is 1.84. The maximum absolute atomic E-state index is 12.2. The number of imidazole rings is 1. The van der Waals surface area contributed by atoms with Crippen LogP contribution in [0.1, 0.15) is 30.9 Å². The van der Waals surface area contributed by atoms with Gasteiger partial charge < -0.3 is 16.0 Å². The zero-order chi connectivity index (χ0) is 16.9. The quantitative estimate of drug-likeness (QED) is 0.575. The van der Waals surface area contributed by atoms with Gasteiger partial charge in [0.15, 0.2) is 5.65 Å². The van der Waals surface area contributed by atoms with Crippen LogP contribution in [0.3, 0.4) is 0 Å². The van der Waals surface area contributed by atoms with E-state index in [1.54, 1.807) is 10.8 Å². The SMILES string of the molecule is CCCCNc1ncc2[nH]c(=O)n(Cc3ccc(CN)cc3)c2n1. The van der Waals surface area contributed by atoms with E-state index in [0.29, 0.717) is 30.2 Å². The van der Waals surface area contributed by atoms with Crippen molar-refractivity contribution >= 4 is 17.1 Å². The Morgan fingerprint density at radius 3 is 2.71 bits per heavy atom. The Morgan fingerprint density at radius 2 is 2.00 bits per heavy atom. The summed E-state index contributed by atoms with van der Waals surface area (Å²) in [4.78, 5) is 23.8. The summed E-state index contributed by atoms with van der Waals surface area (Å²) in [6, 6.07) is 7.91. The van der Waals surface area contributed by atoms with Crippen molar-refractivity contribution in [2.24, 2.45) is 5.73 Å². The summed E-state index contributed by atoms with van der Waals surface area (Å²) in [7, 11) is 0. The highest BCUT2D eigenvalue weighted by Crippen LogP contribution is 2.12. The molecule has 0 saturated carbocycles. The van der Waals surface area contributed by atoms with E-state index in [4.69, 9.17) is 5.73 Å². The molecule has 0 aliphatic rings. The molecule has 24 heavy (non-hydrogen) atoms. The van der Waals surface area contributed by atoms with Crippen molar-refractivity contribution in [3.8, 4) is 0 Å². The normalized spacial score (nSPS) is 11.1. The van der Waals surface area contributed by atoms with Gasteiger partial charge in [0, 0.05) is 13.1 Å². The number of nitrogens with two attached hydrogens (primary N) is 1. The lowest BCUT2D eigenvalue weighted by molar-refractivity contribution is 0.775. The van der Waals surface area contributed by atoms with Crippen LogP contribution in [0.15, 0.2) is 35.3 Å². The van der Waals surface area contributed by atoms with Crippen molar-refractivity contribution in [3.05, 3.63) is 52.1 Å². The van der Waals surface area contributed by atoms with Crippen LogP contribution in [0, 0.1) is 0 Å². The number of rotatable bonds is 7. The van der Waals surface area contributed by atoms with Gasteiger partial charge in [-0.25, -0.2) is 9.78 Å². The summed E-state index contributed by atoms with van der Waals surface area (Å²) in [5.41, 5.74) is 8.76. The molecule has 0 saturated heterocycles. The highest BCUT2D eigenvalue weighted by Gasteiger charge is 2.10. The van der Waals surface area contributed by atoms with E-state index in [9.17, 15) is 4.79 Å². The highest BCUT2D eigenvalue weighted by atomic mass is 16.1. The molecule has 0 radical (unpaired) electrons. The highest BCUT2D eigenvalue weighted by molar-refractivity contribution is 5.71. The standard InChI is InChI=1S/C17H22N6O/c1-2-3-8-19-16-20-10-14-15(22-16)23(17(24)21-14)11-13-6-4-12(9-18)5-7-13/h4-7,10H,2-3,8-9,11,18H2,1H3,(H,21,24)(H,19,20,22). The summed E-state index contributed by atoms with van der Waals surface area (Å²) in [6.45, 7) is 3.91. The van der Waals surface area contributed by atoms with E-state index >= 15 is 0 Å². The maximum atomic E-state index is 12.2. The van der Waals surface area contributed by atoms with E-state index in [1.165, 1.54) is 0 Å². The number of benzene rings is 1. The summed E-state index contributed by atoms with van der Waals surface area (Å²) < 4.78 is 1.62. The average molecular weight is 326 g/mol. The second-order valence-corrected chi connectivity index (χ2v) is 5.75. The van der Waals surface area contributed by atoms with E-state index in [1.807, 2.05) is 24.3 Å². The van der Waals surface area contributed by atoms with E-state index in [0.717, 1.165) is 30.5 Å². The molecule has 1 aromatic carbocycles. The van der Waals surface area contributed by atoms with Crippen molar-refractivity contribution in [1.29, 1.82) is 0 Å². The topological polar surface area (TPSA) is 102 Å². The van der Waals surface area contributed by atoms with E-state index < -0.39 is 0 Å². The van der Waals surface area contributed by atoms with Crippen molar-refractivity contribution < 1.29 is 0 Å². The first-order valence-electron chi connectivity index (χ1n) is 8.18. The van der Waals surface area contributed by atoms with Crippen LogP contribution in [-0.4, -0.2) is 26.1 Å². The largest absolute Gasteiger partial charge is 0.354 e. The number of unbranched alkanes of at least 4 members (excludes halogenated alkanes) is 1. The molecule has 4 N–H and O–H groups in total. The summed E-state index contributed by atoms with van der Waals surface area (Å²) in [6.07, 6.45) is 3.80. The Bertz CT molecular complexity index is 865. The van der Waals surface area contributed by atoms with Gasteiger partial charge in [0.05, 0.1) is 12.7 Å². The number of hydrogen-bond acceptors (Lipinski definition) is 5. The maximum Gasteiger partial charge on any atom is 0.328 e. The van der Waals surface area contributed by atoms with Crippen LogP contribution in [0.4, 0.5) is 5.95 Å². The fourth-order valence-electron chi connectivity index (χ4n) is 2.52. The molecule has 0 aliphatic heterocycles. The van der Waals surface area contributed by atoms with Gasteiger partial charge >= 0.3 is 5.69 Å². The fraction of sp³-hybridized carbons (Fsp3) is 0.353. The summed E-state index contributed by atoms with van der Waals surface area (Å²) in [5, 5.41) is 3.19. The summed E-state index contributed by atoms with van der Waals surface area (Å²) in [5.74, 6) is 0.544. The van der Waals surface area contributed by atoms with Gasteiger partial charge in [-0.2, -0.15) is 4.98 Å². The number of nitrogens with zero attached hydrogens (tertiary/aromatic N) is 3. The molecule has 126 valence electrons. The monoisotopic (exact) mass is 326 g/mol. The number of H-pyrrole nitrogens is 1. The van der Waals surface area contributed by atoms with Gasteiger partial charge in [-0.1, -0.05) is 37.6 Å². The minimum atomic E-state index is -0.187. The molecule has 3 aromatic rings. The third kappa shape index (κ3) is 3.46. The lowest BCUT2D eigenvalue weighted by Gasteiger charge is -2.06. The van der Waals surface area contributed by atoms with Crippen molar-refractivity contribution in [3.63, 3.8) is 0 Å². The van der Waals surface area contributed by atoms with Gasteiger partial charge in [0.2, 0.25) is 5.95 Å². The second kappa shape index (κ2) is 7.27. The van der Waals surface area contributed by atoms with Crippen molar-refractivity contribution in [2.75, 3.05) is 11.9 Å². The van der Waals surface area contributed by atoms with Crippen LogP contribution < -0.4 is 16.7 Å². The Kier molecular flexibility index (Phi) is 4.90. The number of fused-ring (bicyclic) bond motifs is 1. The average Bonchev–Trinajstić information content (AvgIpc) is 2.91. The first-order chi connectivity index (χ1) is 11.7. The van der Waals surface area contributed by atoms with E-state index in [-0.39, 0.29) is 5.69 Å². The van der Waals surface area contributed by atoms with Crippen LogP contribution in [-0.2, 0) is 13.1 Å². The third-order valence-electron chi connectivity index (χ3n) is 3.92. The zero-order valence-electron chi connectivity index (χ0n) is 13.7. The molecule has 3 rings (SSSR count). The minimum Gasteiger partial charge on any atom is -0.354 e. The molecular weight excluding hydrogens is 304 g/mol. The number of aromatic nitrogens is 4. The van der Waals surface area contributed by atoms with Gasteiger partial charge in [-0.15, -0.1) is 0 Å². The smallest absolute Gasteiger partial charge is 0.328 e. The Morgan fingerprint density at radius 1 is 1.25 bits per heavy atom. The van der Waals surface area contributed by atoms with Gasteiger partial charge in [0.1, 0.15) is 5.52 Å². The van der Waals surface area contributed by atoms with Crippen molar-refractivity contribution in [2.45, 2.75) is 32.9 Å². The second-order valence-electron chi connectivity index (χ2n) is 5.75. The molecule has 0 aliphatic carbocycles. The van der Waals surface area contributed by atoms with Crippen LogP contribution in [0.25, 0.3) is 11.2 Å². The molecule has 0 amide bonds. The van der Waals surface area contributed by atoms with Gasteiger partial charge in [-0.3, -0.25) is 4.57 Å².